The topological polar surface area (TPSA) is 58.6 Å². The van der Waals surface area contributed by atoms with Crippen molar-refractivity contribution >= 4 is 11.6 Å². The highest BCUT2D eigenvalue weighted by atomic mass is 16.5. The van der Waals surface area contributed by atoms with E-state index in [1.54, 1.807) is 12.1 Å². The van der Waals surface area contributed by atoms with Crippen molar-refractivity contribution in [2.75, 3.05) is 18.5 Å². The third-order valence-electron chi connectivity index (χ3n) is 2.14. The number of para-hydroxylation sites is 1. The van der Waals surface area contributed by atoms with Crippen molar-refractivity contribution in [2.45, 2.75) is 20.0 Å². The van der Waals surface area contributed by atoms with E-state index >= 15 is 0 Å². The number of aliphatic hydroxyl groups is 1. The number of hydrogen-bond donors (Lipinski definition) is 2. The number of amides is 1. The molecule has 0 aliphatic rings. The molecule has 1 rings (SSSR count). The summed E-state index contributed by atoms with van der Waals surface area (Å²) < 4.78 is 5.09. The van der Waals surface area contributed by atoms with Gasteiger partial charge in [-0.05, 0) is 13.0 Å². The maximum atomic E-state index is 11.5. The van der Waals surface area contributed by atoms with Gasteiger partial charge in [0.05, 0.1) is 19.6 Å². The molecule has 0 aliphatic heterocycles. The molecule has 1 aromatic carbocycles. The van der Waals surface area contributed by atoms with Crippen molar-refractivity contribution in [3.8, 4) is 0 Å². The first-order valence-corrected chi connectivity index (χ1v) is 5.34. The highest BCUT2D eigenvalue weighted by Gasteiger charge is 2.05. The Morgan fingerprint density at radius 1 is 1.44 bits per heavy atom. The minimum Gasteiger partial charge on any atom is -0.392 e. The molecular weight excluding hydrogens is 206 g/mol. The zero-order valence-corrected chi connectivity index (χ0v) is 9.40. The summed E-state index contributed by atoms with van der Waals surface area (Å²) in [6.07, 6.45) is 0.327. The summed E-state index contributed by atoms with van der Waals surface area (Å²) in [5.41, 5.74) is 1.37. The van der Waals surface area contributed by atoms with Crippen LogP contribution in [0.15, 0.2) is 24.3 Å². The van der Waals surface area contributed by atoms with Crippen LogP contribution < -0.4 is 5.32 Å². The van der Waals surface area contributed by atoms with Gasteiger partial charge in [0.25, 0.3) is 0 Å². The molecule has 16 heavy (non-hydrogen) atoms. The monoisotopic (exact) mass is 223 g/mol. The average molecular weight is 223 g/mol. The van der Waals surface area contributed by atoms with Gasteiger partial charge in [0.1, 0.15) is 0 Å². The smallest absolute Gasteiger partial charge is 0.226 e. The van der Waals surface area contributed by atoms with Crippen LogP contribution in [0.25, 0.3) is 0 Å². The van der Waals surface area contributed by atoms with Gasteiger partial charge >= 0.3 is 0 Å². The van der Waals surface area contributed by atoms with Gasteiger partial charge in [-0.15, -0.1) is 0 Å². The minimum atomic E-state index is -0.102. The highest BCUT2D eigenvalue weighted by molar-refractivity contribution is 5.91. The van der Waals surface area contributed by atoms with Crippen LogP contribution in [0.3, 0.4) is 0 Å². The zero-order chi connectivity index (χ0) is 11.8. The first-order chi connectivity index (χ1) is 7.77. The molecular formula is C12H17NO3. The second kappa shape index (κ2) is 6.98. The number of carbonyl (C=O) groups is 1. The number of nitrogens with one attached hydrogen (secondary N) is 1. The van der Waals surface area contributed by atoms with E-state index in [1.165, 1.54) is 0 Å². The lowest BCUT2D eigenvalue weighted by Gasteiger charge is -2.09. The molecule has 88 valence electrons. The van der Waals surface area contributed by atoms with Crippen molar-refractivity contribution in [3.63, 3.8) is 0 Å². The summed E-state index contributed by atoms with van der Waals surface area (Å²) in [6, 6.07) is 7.18. The lowest BCUT2D eigenvalue weighted by Crippen LogP contribution is -2.15. The fourth-order valence-corrected chi connectivity index (χ4v) is 1.30. The third kappa shape index (κ3) is 4.00. The second-order valence-electron chi connectivity index (χ2n) is 3.31. The van der Waals surface area contributed by atoms with Gasteiger partial charge < -0.3 is 15.2 Å². The van der Waals surface area contributed by atoms with E-state index in [9.17, 15) is 4.79 Å². The Bertz CT molecular complexity index is 339. The molecule has 2 N–H and O–H groups in total. The molecule has 4 nitrogen and oxygen atoms in total. The number of hydrogen-bond acceptors (Lipinski definition) is 3. The molecule has 1 amide bonds. The van der Waals surface area contributed by atoms with E-state index in [1.807, 2.05) is 19.1 Å². The van der Waals surface area contributed by atoms with Gasteiger partial charge in [-0.2, -0.15) is 0 Å². The molecule has 0 saturated heterocycles. The fraction of sp³-hybridized carbons (Fsp3) is 0.417. The standard InChI is InChI=1S/C12H17NO3/c1-2-16-8-7-12(15)13-11-6-4-3-5-10(11)9-14/h3-6,14H,2,7-9H2,1H3,(H,13,15). The van der Waals surface area contributed by atoms with Crippen molar-refractivity contribution < 1.29 is 14.6 Å². The molecule has 0 fully saturated rings. The SMILES string of the molecule is CCOCCC(=O)Nc1ccccc1CO. The predicted octanol–water partition coefficient (Wildman–Crippen LogP) is 1.54. The molecule has 0 radical (unpaired) electrons. The molecule has 0 aliphatic carbocycles. The number of rotatable bonds is 6. The van der Waals surface area contributed by atoms with Gasteiger partial charge in [-0.3, -0.25) is 4.79 Å². The van der Waals surface area contributed by atoms with Gasteiger partial charge in [0.15, 0.2) is 0 Å². The molecule has 0 unspecified atom stereocenters. The summed E-state index contributed by atoms with van der Waals surface area (Å²) in [4.78, 5) is 11.5. The summed E-state index contributed by atoms with van der Waals surface area (Å²) in [5.74, 6) is -0.102. The molecule has 0 spiro atoms. The quantitative estimate of drug-likeness (QED) is 0.719. The van der Waals surface area contributed by atoms with E-state index < -0.39 is 0 Å². The lowest BCUT2D eigenvalue weighted by molar-refractivity contribution is -0.117. The van der Waals surface area contributed by atoms with E-state index in [0.717, 1.165) is 0 Å². The number of anilines is 1. The van der Waals surface area contributed by atoms with Crippen LogP contribution in [0.1, 0.15) is 18.9 Å². The average Bonchev–Trinajstić information content (AvgIpc) is 2.30. The van der Waals surface area contributed by atoms with Gasteiger partial charge in [0.2, 0.25) is 5.91 Å². The largest absolute Gasteiger partial charge is 0.392 e. The first kappa shape index (κ1) is 12.7. The van der Waals surface area contributed by atoms with Gasteiger partial charge in [0, 0.05) is 17.9 Å². The van der Waals surface area contributed by atoms with Crippen molar-refractivity contribution in [3.05, 3.63) is 29.8 Å². The maximum Gasteiger partial charge on any atom is 0.226 e. The summed E-state index contributed by atoms with van der Waals surface area (Å²) in [6.45, 7) is 2.84. The minimum absolute atomic E-state index is 0.0814. The Kier molecular flexibility index (Phi) is 5.53. The zero-order valence-electron chi connectivity index (χ0n) is 9.40. The van der Waals surface area contributed by atoms with Crippen molar-refractivity contribution in [1.29, 1.82) is 0 Å². The highest BCUT2D eigenvalue weighted by Crippen LogP contribution is 2.14. The van der Waals surface area contributed by atoms with Crippen LogP contribution in [0.2, 0.25) is 0 Å². The van der Waals surface area contributed by atoms with Crippen LogP contribution in [-0.4, -0.2) is 24.2 Å². The Labute approximate surface area is 95.2 Å². The van der Waals surface area contributed by atoms with Crippen LogP contribution >= 0.6 is 0 Å². The summed E-state index contributed by atoms with van der Waals surface area (Å²) in [5, 5.41) is 11.8. The van der Waals surface area contributed by atoms with Crippen molar-refractivity contribution in [2.24, 2.45) is 0 Å². The second-order valence-corrected chi connectivity index (χ2v) is 3.31. The normalized spacial score (nSPS) is 10.1. The van der Waals surface area contributed by atoms with E-state index in [-0.39, 0.29) is 12.5 Å². The molecule has 1 aromatic rings. The van der Waals surface area contributed by atoms with Gasteiger partial charge in [-0.25, -0.2) is 0 Å². The number of aliphatic hydroxyl groups excluding tert-OH is 1. The molecule has 0 aromatic heterocycles. The number of ether oxygens (including phenoxy) is 1. The van der Waals surface area contributed by atoms with Gasteiger partial charge in [-0.1, -0.05) is 18.2 Å². The Morgan fingerprint density at radius 2 is 2.19 bits per heavy atom. The van der Waals surface area contributed by atoms with Crippen LogP contribution in [0, 0.1) is 0 Å². The molecule has 0 saturated carbocycles. The van der Waals surface area contributed by atoms with Crippen molar-refractivity contribution in [1.82, 2.24) is 0 Å². The Morgan fingerprint density at radius 3 is 2.88 bits per heavy atom. The lowest BCUT2D eigenvalue weighted by atomic mass is 10.2. The van der Waals surface area contributed by atoms with Crippen LogP contribution in [-0.2, 0) is 16.1 Å². The summed E-state index contributed by atoms with van der Waals surface area (Å²) in [7, 11) is 0. The Hall–Kier alpha value is -1.39. The first-order valence-electron chi connectivity index (χ1n) is 5.34. The molecule has 0 heterocycles. The predicted molar refractivity (Wildman–Crippen MR) is 62.1 cm³/mol. The van der Waals surface area contributed by atoms with Crippen LogP contribution in [0.5, 0.6) is 0 Å². The summed E-state index contributed by atoms with van der Waals surface area (Å²) >= 11 is 0. The van der Waals surface area contributed by atoms with Crippen LogP contribution in [0.4, 0.5) is 5.69 Å². The third-order valence-corrected chi connectivity index (χ3v) is 2.14. The van der Waals surface area contributed by atoms with E-state index in [2.05, 4.69) is 5.32 Å². The molecule has 0 atom stereocenters. The number of benzene rings is 1. The number of carbonyl (C=O) groups excluding carboxylic acids is 1. The molecule has 4 heteroatoms. The molecule has 0 bridgehead atoms. The maximum absolute atomic E-state index is 11.5. The fourth-order valence-electron chi connectivity index (χ4n) is 1.30. The Balaban J connectivity index is 2.49. The van der Waals surface area contributed by atoms with E-state index in [0.29, 0.717) is 30.9 Å². The van der Waals surface area contributed by atoms with E-state index in [4.69, 9.17) is 9.84 Å².